The fourth-order valence-electron chi connectivity index (χ4n) is 4.04. The van der Waals surface area contributed by atoms with E-state index < -0.39 is 0 Å². The SMILES string of the molecule is O=C(CN1CCCCCC1)N1CCN(Cc2ccc3c(c2)OCO3)CC1. The summed E-state index contributed by atoms with van der Waals surface area (Å²) in [6.45, 7) is 7.49. The molecular weight excluding hydrogens is 330 g/mol. The molecule has 0 atom stereocenters. The van der Waals surface area contributed by atoms with Gasteiger partial charge in [-0.25, -0.2) is 0 Å². The van der Waals surface area contributed by atoms with Gasteiger partial charge >= 0.3 is 0 Å². The smallest absolute Gasteiger partial charge is 0.236 e. The van der Waals surface area contributed by atoms with Crippen LogP contribution in [-0.2, 0) is 11.3 Å². The predicted molar refractivity (Wildman–Crippen MR) is 99.3 cm³/mol. The third-order valence-electron chi connectivity index (χ3n) is 5.63. The van der Waals surface area contributed by atoms with Crippen LogP contribution in [0.5, 0.6) is 11.5 Å². The summed E-state index contributed by atoms with van der Waals surface area (Å²) in [5.41, 5.74) is 1.23. The molecule has 142 valence electrons. The number of likely N-dealkylation sites (tertiary alicyclic amines) is 1. The second kappa shape index (κ2) is 8.27. The molecule has 0 saturated carbocycles. The highest BCUT2D eigenvalue weighted by Crippen LogP contribution is 2.32. The summed E-state index contributed by atoms with van der Waals surface area (Å²) < 4.78 is 10.8. The second-order valence-corrected chi connectivity index (χ2v) is 7.53. The van der Waals surface area contributed by atoms with E-state index in [9.17, 15) is 4.79 Å². The van der Waals surface area contributed by atoms with Crippen molar-refractivity contribution < 1.29 is 14.3 Å². The minimum Gasteiger partial charge on any atom is -0.454 e. The topological polar surface area (TPSA) is 45.3 Å². The summed E-state index contributed by atoms with van der Waals surface area (Å²) in [6.07, 6.45) is 5.08. The van der Waals surface area contributed by atoms with E-state index in [1.807, 2.05) is 11.0 Å². The average Bonchev–Trinajstić information content (AvgIpc) is 2.97. The Labute approximate surface area is 155 Å². The number of fused-ring (bicyclic) bond motifs is 1. The third kappa shape index (κ3) is 4.30. The van der Waals surface area contributed by atoms with Gasteiger partial charge in [-0.05, 0) is 43.6 Å². The lowest BCUT2D eigenvalue weighted by atomic mass is 10.1. The average molecular weight is 359 g/mol. The summed E-state index contributed by atoms with van der Waals surface area (Å²) in [6, 6.07) is 6.15. The van der Waals surface area contributed by atoms with Crippen LogP contribution in [0.4, 0.5) is 0 Å². The second-order valence-electron chi connectivity index (χ2n) is 7.53. The maximum atomic E-state index is 12.6. The number of hydrogen-bond acceptors (Lipinski definition) is 5. The molecule has 6 nitrogen and oxygen atoms in total. The van der Waals surface area contributed by atoms with Crippen LogP contribution in [0.2, 0.25) is 0 Å². The quantitative estimate of drug-likeness (QED) is 0.822. The first-order valence-corrected chi connectivity index (χ1v) is 9.89. The lowest BCUT2D eigenvalue weighted by Crippen LogP contribution is -2.51. The molecule has 3 aliphatic heterocycles. The van der Waals surface area contributed by atoms with Gasteiger partial charge in [-0.15, -0.1) is 0 Å². The predicted octanol–water partition coefficient (Wildman–Crippen LogP) is 1.94. The Hall–Kier alpha value is -1.79. The molecule has 1 amide bonds. The summed E-state index contributed by atoms with van der Waals surface area (Å²) in [5.74, 6) is 1.97. The molecule has 1 aromatic carbocycles. The molecule has 2 fully saturated rings. The van der Waals surface area contributed by atoms with Crippen molar-refractivity contribution in [3.63, 3.8) is 0 Å². The van der Waals surface area contributed by atoms with E-state index in [2.05, 4.69) is 21.9 Å². The number of ether oxygens (including phenoxy) is 2. The van der Waals surface area contributed by atoms with Gasteiger partial charge in [-0.1, -0.05) is 18.9 Å². The van der Waals surface area contributed by atoms with E-state index in [1.165, 1.54) is 31.2 Å². The van der Waals surface area contributed by atoms with Crippen molar-refractivity contribution in [3.8, 4) is 11.5 Å². The van der Waals surface area contributed by atoms with E-state index in [0.29, 0.717) is 19.2 Å². The first kappa shape index (κ1) is 17.6. The van der Waals surface area contributed by atoms with Gasteiger partial charge in [0.05, 0.1) is 6.54 Å². The van der Waals surface area contributed by atoms with Crippen LogP contribution in [0.1, 0.15) is 31.2 Å². The van der Waals surface area contributed by atoms with Gasteiger partial charge in [0, 0.05) is 32.7 Å². The van der Waals surface area contributed by atoms with E-state index >= 15 is 0 Å². The molecule has 0 aromatic heterocycles. The monoisotopic (exact) mass is 359 g/mol. The van der Waals surface area contributed by atoms with Gasteiger partial charge in [0.15, 0.2) is 11.5 Å². The van der Waals surface area contributed by atoms with Crippen LogP contribution in [-0.4, -0.2) is 73.2 Å². The molecule has 3 aliphatic rings. The number of carbonyl (C=O) groups excluding carboxylic acids is 1. The van der Waals surface area contributed by atoms with E-state index in [1.54, 1.807) is 0 Å². The van der Waals surface area contributed by atoms with Crippen molar-refractivity contribution >= 4 is 5.91 Å². The number of piperazine rings is 1. The molecule has 3 heterocycles. The molecule has 0 radical (unpaired) electrons. The zero-order valence-corrected chi connectivity index (χ0v) is 15.5. The van der Waals surface area contributed by atoms with Gasteiger partial charge in [0.2, 0.25) is 12.7 Å². The molecule has 26 heavy (non-hydrogen) atoms. The molecule has 1 aromatic rings. The molecular formula is C20H29N3O3. The van der Waals surface area contributed by atoms with Crippen LogP contribution in [0.3, 0.4) is 0 Å². The Morgan fingerprint density at radius 2 is 1.58 bits per heavy atom. The van der Waals surface area contributed by atoms with Gasteiger partial charge in [0.25, 0.3) is 0 Å². The summed E-state index contributed by atoms with van der Waals surface area (Å²) in [5, 5.41) is 0. The van der Waals surface area contributed by atoms with E-state index in [-0.39, 0.29) is 0 Å². The standard InChI is InChI=1S/C20H29N3O3/c24-20(15-21-7-3-1-2-4-8-21)23-11-9-22(10-12-23)14-17-5-6-18-19(13-17)26-16-25-18/h5-6,13H,1-4,7-12,14-16H2. The van der Waals surface area contributed by atoms with Gasteiger partial charge in [-0.2, -0.15) is 0 Å². The number of amides is 1. The number of nitrogens with zero attached hydrogens (tertiary/aromatic N) is 3. The fraction of sp³-hybridized carbons (Fsp3) is 0.650. The summed E-state index contributed by atoms with van der Waals surface area (Å²) in [7, 11) is 0. The number of hydrogen-bond donors (Lipinski definition) is 0. The van der Waals surface area contributed by atoms with E-state index in [4.69, 9.17) is 9.47 Å². The maximum absolute atomic E-state index is 12.6. The normalized spacial score (nSPS) is 21.6. The number of rotatable bonds is 4. The number of carbonyl (C=O) groups is 1. The maximum Gasteiger partial charge on any atom is 0.236 e. The molecule has 0 aliphatic carbocycles. The Morgan fingerprint density at radius 3 is 2.35 bits per heavy atom. The van der Waals surface area contributed by atoms with Gasteiger partial charge in [-0.3, -0.25) is 14.6 Å². The molecule has 0 bridgehead atoms. The van der Waals surface area contributed by atoms with E-state index in [0.717, 1.165) is 57.3 Å². The first-order valence-electron chi connectivity index (χ1n) is 9.89. The molecule has 4 rings (SSSR count). The van der Waals surface area contributed by atoms with Gasteiger partial charge in [0.1, 0.15) is 0 Å². The Morgan fingerprint density at radius 1 is 0.846 bits per heavy atom. The van der Waals surface area contributed by atoms with Crippen molar-refractivity contribution in [1.82, 2.24) is 14.7 Å². The van der Waals surface area contributed by atoms with Crippen molar-refractivity contribution in [2.75, 3.05) is 52.6 Å². The van der Waals surface area contributed by atoms with Crippen molar-refractivity contribution in [1.29, 1.82) is 0 Å². The highest BCUT2D eigenvalue weighted by atomic mass is 16.7. The van der Waals surface area contributed by atoms with Crippen LogP contribution < -0.4 is 9.47 Å². The highest BCUT2D eigenvalue weighted by Gasteiger charge is 2.23. The summed E-state index contributed by atoms with van der Waals surface area (Å²) >= 11 is 0. The molecule has 0 unspecified atom stereocenters. The zero-order chi connectivity index (χ0) is 17.8. The van der Waals surface area contributed by atoms with Crippen molar-refractivity contribution in [2.45, 2.75) is 32.2 Å². The number of benzene rings is 1. The van der Waals surface area contributed by atoms with Gasteiger partial charge < -0.3 is 14.4 Å². The third-order valence-corrected chi connectivity index (χ3v) is 5.63. The molecule has 0 N–H and O–H groups in total. The van der Waals surface area contributed by atoms with Crippen LogP contribution in [0.15, 0.2) is 18.2 Å². The molecule has 0 spiro atoms. The van der Waals surface area contributed by atoms with Crippen LogP contribution in [0.25, 0.3) is 0 Å². The highest BCUT2D eigenvalue weighted by molar-refractivity contribution is 5.78. The molecule has 6 heteroatoms. The zero-order valence-electron chi connectivity index (χ0n) is 15.5. The Bertz CT molecular complexity index is 621. The minimum atomic E-state index is 0.301. The van der Waals surface area contributed by atoms with Crippen molar-refractivity contribution in [3.05, 3.63) is 23.8 Å². The van der Waals surface area contributed by atoms with Crippen LogP contribution in [0, 0.1) is 0 Å². The lowest BCUT2D eigenvalue weighted by Gasteiger charge is -2.35. The molecule has 2 saturated heterocycles. The van der Waals surface area contributed by atoms with Crippen molar-refractivity contribution in [2.24, 2.45) is 0 Å². The summed E-state index contributed by atoms with van der Waals surface area (Å²) in [4.78, 5) is 19.4. The first-order chi connectivity index (χ1) is 12.8. The largest absolute Gasteiger partial charge is 0.454 e. The Kier molecular flexibility index (Phi) is 5.60. The van der Waals surface area contributed by atoms with Crippen LogP contribution >= 0.6 is 0 Å². The lowest BCUT2D eigenvalue weighted by molar-refractivity contribution is -0.134. The Balaban J connectivity index is 1.24. The minimum absolute atomic E-state index is 0.301. The fourth-order valence-corrected chi connectivity index (χ4v) is 4.04.